The number of halogens is 4. The third-order valence-corrected chi connectivity index (χ3v) is 11.5. The summed E-state index contributed by atoms with van der Waals surface area (Å²) >= 11 is 18.1. The smallest absolute Gasteiger partial charge is 0.258 e. The molecule has 2 aliphatic carbocycles. The number of imide groups is 2. The van der Waals surface area contributed by atoms with Gasteiger partial charge in [-0.25, -0.2) is 9.29 Å². The predicted molar refractivity (Wildman–Crippen MR) is 168 cm³/mol. The number of nitrogens with zero attached hydrogens (tertiary/aromatic N) is 2. The number of carbonyl (C=O) groups is 4. The van der Waals surface area contributed by atoms with E-state index in [1.165, 1.54) is 25.3 Å². The third kappa shape index (κ3) is 4.01. The van der Waals surface area contributed by atoms with Crippen LogP contribution in [0.3, 0.4) is 0 Å². The summed E-state index contributed by atoms with van der Waals surface area (Å²) < 4.78 is 20.2. The molecule has 0 bridgehead atoms. The van der Waals surface area contributed by atoms with Gasteiger partial charge in [-0.15, -0.1) is 23.2 Å². The van der Waals surface area contributed by atoms with Crippen LogP contribution in [0, 0.1) is 23.6 Å². The number of anilines is 2. The minimum absolute atomic E-state index is 0.0622. The lowest BCUT2D eigenvalue weighted by molar-refractivity contribution is -0.125. The number of allylic oxidation sites excluding steroid dienone is 2. The summed E-state index contributed by atoms with van der Waals surface area (Å²) in [7, 11) is 1.39. The Kier molecular flexibility index (Phi) is 6.92. The zero-order valence-electron chi connectivity index (χ0n) is 23.5. The van der Waals surface area contributed by atoms with E-state index in [2.05, 4.69) is 15.9 Å². The van der Waals surface area contributed by atoms with Crippen LogP contribution in [-0.4, -0.2) is 45.6 Å². The topological polar surface area (TPSA) is 104 Å². The lowest BCUT2D eigenvalue weighted by Gasteiger charge is -2.50. The molecule has 2 saturated heterocycles. The number of alkyl halides is 2. The van der Waals surface area contributed by atoms with Crippen LogP contribution in [0.15, 0.2) is 82.9 Å². The number of carbonyl (C=O) groups excluding carboxylic acids is 4. The normalized spacial score (nSPS) is 30.6. The molecule has 1 N–H and O–H groups in total. The second-order valence-electron chi connectivity index (χ2n) is 11.6. The molecular weight excluding hydrogens is 690 g/mol. The Labute approximate surface area is 275 Å². The second-order valence-corrected chi connectivity index (χ2v) is 13.8. The maximum atomic E-state index is 14.5. The molecule has 2 heterocycles. The summed E-state index contributed by atoms with van der Waals surface area (Å²) in [5.74, 6) is -6.89. The molecule has 3 aromatic rings. The van der Waals surface area contributed by atoms with E-state index < -0.39 is 57.0 Å². The number of hydrogen-bond donors (Lipinski definition) is 1. The van der Waals surface area contributed by atoms with Crippen molar-refractivity contribution in [2.75, 3.05) is 16.9 Å². The molecule has 12 heteroatoms. The van der Waals surface area contributed by atoms with Gasteiger partial charge < -0.3 is 9.84 Å². The van der Waals surface area contributed by atoms with Crippen LogP contribution in [0.5, 0.6) is 11.5 Å². The lowest BCUT2D eigenvalue weighted by Crippen LogP contribution is -2.60. The van der Waals surface area contributed by atoms with Crippen LogP contribution in [0.4, 0.5) is 15.8 Å². The van der Waals surface area contributed by atoms with Crippen molar-refractivity contribution < 1.29 is 33.4 Å². The number of rotatable bonds is 4. The van der Waals surface area contributed by atoms with E-state index in [0.29, 0.717) is 11.3 Å². The fourth-order valence-corrected chi connectivity index (χ4v) is 8.74. The molecule has 3 fully saturated rings. The van der Waals surface area contributed by atoms with Crippen molar-refractivity contribution >= 4 is 74.1 Å². The van der Waals surface area contributed by atoms with Crippen LogP contribution in [0.2, 0.25) is 0 Å². The first-order valence-electron chi connectivity index (χ1n) is 14.2. The first-order valence-corrected chi connectivity index (χ1v) is 15.7. The number of aromatic hydroxyl groups is 1. The third-order valence-electron chi connectivity index (χ3n) is 9.53. The largest absolute Gasteiger partial charge is 0.508 e. The number of methoxy groups -OCH3 is 1. The summed E-state index contributed by atoms with van der Waals surface area (Å²) in [6.45, 7) is 0. The van der Waals surface area contributed by atoms with Gasteiger partial charge in [-0.2, -0.15) is 0 Å². The molecule has 2 aliphatic heterocycles. The van der Waals surface area contributed by atoms with Crippen molar-refractivity contribution in [3.8, 4) is 11.5 Å². The molecule has 0 spiro atoms. The van der Waals surface area contributed by atoms with E-state index in [-0.39, 0.29) is 41.5 Å². The lowest BCUT2D eigenvalue weighted by atomic mass is 9.56. The van der Waals surface area contributed by atoms with Gasteiger partial charge in [-0.1, -0.05) is 33.6 Å². The van der Waals surface area contributed by atoms with Crippen molar-refractivity contribution in [1.29, 1.82) is 0 Å². The van der Waals surface area contributed by atoms with Crippen LogP contribution >= 0.6 is 39.1 Å². The van der Waals surface area contributed by atoms with Gasteiger partial charge in [0.05, 0.1) is 30.3 Å². The number of ether oxygens (including phenoxy) is 1. The van der Waals surface area contributed by atoms with E-state index in [1.807, 2.05) is 0 Å². The number of amides is 4. The van der Waals surface area contributed by atoms with Gasteiger partial charge in [0.1, 0.15) is 17.3 Å². The van der Waals surface area contributed by atoms with Gasteiger partial charge in [0, 0.05) is 16.0 Å². The number of phenols is 1. The molecule has 230 valence electrons. The van der Waals surface area contributed by atoms with E-state index in [1.54, 1.807) is 42.5 Å². The van der Waals surface area contributed by atoms with Crippen LogP contribution in [0.1, 0.15) is 24.3 Å². The molecule has 8 nitrogen and oxygen atoms in total. The zero-order valence-corrected chi connectivity index (χ0v) is 26.6. The van der Waals surface area contributed by atoms with Gasteiger partial charge in [0.15, 0.2) is 9.75 Å². The Balaban J connectivity index is 1.43. The van der Waals surface area contributed by atoms with Crippen molar-refractivity contribution in [2.24, 2.45) is 17.8 Å². The van der Waals surface area contributed by atoms with Crippen LogP contribution in [-0.2, 0) is 19.2 Å². The Hall–Kier alpha value is -3.73. The number of fused-ring (bicyclic) bond motifs is 4. The minimum Gasteiger partial charge on any atom is -0.508 e. The van der Waals surface area contributed by atoms with Crippen LogP contribution < -0.4 is 14.5 Å². The monoisotopic (exact) mass is 712 g/mol. The first-order chi connectivity index (χ1) is 21.4. The van der Waals surface area contributed by atoms with Crippen molar-refractivity contribution in [1.82, 2.24) is 0 Å². The van der Waals surface area contributed by atoms with Gasteiger partial charge in [0.25, 0.3) is 11.8 Å². The Bertz CT molecular complexity index is 1840. The van der Waals surface area contributed by atoms with Crippen LogP contribution in [0.25, 0.3) is 0 Å². The summed E-state index contributed by atoms with van der Waals surface area (Å²) in [6, 6.07) is 16.1. The fourth-order valence-electron chi connectivity index (χ4n) is 7.56. The highest BCUT2D eigenvalue weighted by Gasteiger charge is 2.77. The molecule has 4 amide bonds. The summed E-state index contributed by atoms with van der Waals surface area (Å²) in [5, 5.41) is 11.3. The molecular formula is C33H24BrCl2FN2O6. The molecule has 6 unspecified atom stereocenters. The maximum absolute atomic E-state index is 14.5. The second kappa shape index (κ2) is 10.4. The van der Waals surface area contributed by atoms with Gasteiger partial charge in [-0.3, -0.25) is 24.1 Å². The van der Waals surface area contributed by atoms with Crippen molar-refractivity contribution in [3.63, 3.8) is 0 Å². The number of hydrogen-bond acceptors (Lipinski definition) is 6. The SMILES string of the molecule is COc1cccc(O)c1C1C2=CCC3C(=O)N(c4ccc(Br)cc4)C(=O)C3C2CC2(Cl)C(=O)N(c3ccc(F)cc3)C(=O)C12Cl. The fraction of sp³-hybridized carbons (Fsp3) is 0.273. The Morgan fingerprint density at radius 1 is 0.889 bits per heavy atom. The molecule has 1 saturated carbocycles. The Morgan fingerprint density at radius 2 is 1.53 bits per heavy atom. The standard InChI is InChI=1S/C33H24BrCl2FN2O6/c1-45-24-4-2-3-23(40)26(24)27-20-13-14-21-25(29(42)38(28(21)41)18-9-5-16(34)6-10-18)22(20)15-32(35)30(43)39(31(44)33(27,32)36)19-11-7-17(37)8-12-19/h2-13,21-22,25,27,40H,14-15H2,1H3. The molecule has 0 radical (unpaired) electrons. The quantitative estimate of drug-likeness (QED) is 0.200. The molecule has 4 aliphatic rings. The van der Waals surface area contributed by atoms with E-state index in [4.69, 9.17) is 27.9 Å². The van der Waals surface area contributed by atoms with Gasteiger partial charge >= 0.3 is 0 Å². The van der Waals surface area contributed by atoms with E-state index in [9.17, 15) is 28.7 Å². The van der Waals surface area contributed by atoms with Crippen molar-refractivity contribution in [3.05, 3.63) is 94.2 Å². The van der Waals surface area contributed by atoms with Gasteiger partial charge in [0.2, 0.25) is 11.8 Å². The molecule has 45 heavy (non-hydrogen) atoms. The first kappa shape index (κ1) is 30.0. The highest BCUT2D eigenvalue weighted by Crippen LogP contribution is 2.67. The molecule has 7 rings (SSSR count). The molecule has 0 aromatic heterocycles. The highest BCUT2D eigenvalue weighted by molar-refractivity contribution is 9.10. The maximum Gasteiger partial charge on any atom is 0.258 e. The number of phenolic OH excluding ortho intramolecular Hbond substituents is 1. The zero-order chi connectivity index (χ0) is 32.0. The highest BCUT2D eigenvalue weighted by atomic mass is 79.9. The van der Waals surface area contributed by atoms with E-state index >= 15 is 0 Å². The van der Waals surface area contributed by atoms with Gasteiger partial charge in [-0.05, 0) is 79.4 Å². The van der Waals surface area contributed by atoms with Crippen molar-refractivity contribution in [2.45, 2.75) is 28.5 Å². The summed E-state index contributed by atoms with van der Waals surface area (Å²) in [6.07, 6.45) is 1.69. The average Bonchev–Trinajstić information content (AvgIpc) is 3.36. The number of benzene rings is 3. The Morgan fingerprint density at radius 3 is 2.20 bits per heavy atom. The summed E-state index contributed by atoms with van der Waals surface area (Å²) in [4.78, 5) is 54.4. The average molecular weight is 714 g/mol. The predicted octanol–water partition coefficient (Wildman–Crippen LogP) is 6.07. The van der Waals surface area contributed by atoms with E-state index in [0.717, 1.165) is 26.4 Å². The molecule has 3 aromatic carbocycles. The minimum atomic E-state index is -2.20. The molecule has 6 atom stereocenters. The summed E-state index contributed by atoms with van der Waals surface area (Å²) in [5.41, 5.74) is 1.09.